The standard InChI is InChI=1S/C22H25Cl2N3O3/c1-15-4-3-5-16(2)22(15)25-20(28)13-26-8-10-27(11-9-26)21(29)14-30-19-12-17(23)6-7-18(19)24/h3-7,12H,8-11,13-14H2,1-2H3,(H,25,28). The van der Waals surface area contributed by atoms with Gasteiger partial charge in [0, 0.05) is 43.0 Å². The van der Waals surface area contributed by atoms with E-state index in [2.05, 4.69) is 5.32 Å². The molecule has 1 heterocycles. The molecule has 0 saturated carbocycles. The highest BCUT2D eigenvalue weighted by atomic mass is 35.5. The summed E-state index contributed by atoms with van der Waals surface area (Å²) in [7, 11) is 0. The number of nitrogens with zero attached hydrogens (tertiary/aromatic N) is 2. The monoisotopic (exact) mass is 449 g/mol. The van der Waals surface area contributed by atoms with Crippen LogP contribution in [0, 0.1) is 13.8 Å². The Morgan fingerprint density at radius 1 is 1.03 bits per heavy atom. The lowest BCUT2D eigenvalue weighted by molar-refractivity contribution is -0.135. The first-order valence-corrected chi connectivity index (χ1v) is 10.5. The average molecular weight is 450 g/mol. The van der Waals surface area contributed by atoms with E-state index in [4.69, 9.17) is 27.9 Å². The fourth-order valence-electron chi connectivity index (χ4n) is 3.37. The van der Waals surface area contributed by atoms with Gasteiger partial charge in [-0.15, -0.1) is 0 Å². The van der Waals surface area contributed by atoms with E-state index in [1.807, 2.05) is 36.9 Å². The van der Waals surface area contributed by atoms with Crippen molar-refractivity contribution < 1.29 is 14.3 Å². The third-order valence-corrected chi connectivity index (χ3v) is 5.63. The number of amides is 2. The number of hydrogen-bond acceptors (Lipinski definition) is 4. The number of halogens is 2. The zero-order chi connectivity index (χ0) is 21.7. The molecule has 1 aliphatic rings. The minimum Gasteiger partial charge on any atom is -0.482 e. The van der Waals surface area contributed by atoms with Crippen molar-refractivity contribution in [3.63, 3.8) is 0 Å². The number of carbonyl (C=O) groups is 2. The van der Waals surface area contributed by atoms with Crippen molar-refractivity contribution in [2.75, 3.05) is 44.6 Å². The van der Waals surface area contributed by atoms with Crippen molar-refractivity contribution in [2.24, 2.45) is 0 Å². The van der Waals surface area contributed by atoms with Crippen LogP contribution in [-0.4, -0.2) is 60.9 Å². The maximum absolute atomic E-state index is 12.4. The number of carbonyl (C=O) groups excluding carboxylic acids is 2. The Kier molecular flexibility index (Phi) is 7.58. The molecule has 1 aliphatic heterocycles. The number of nitrogens with one attached hydrogen (secondary N) is 1. The molecule has 0 aromatic heterocycles. The van der Waals surface area contributed by atoms with Gasteiger partial charge < -0.3 is 15.0 Å². The Labute approximate surface area is 186 Å². The second-order valence-corrected chi connectivity index (χ2v) is 8.18. The molecule has 0 bridgehead atoms. The first kappa shape index (κ1) is 22.4. The summed E-state index contributed by atoms with van der Waals surface area (Å²) < 4.78 is 5.53. The minimum absolute atomic E-state index is 0.0499. The van der Waals surface area contributed by atoms with Crippen LogP contribution in [0.1, 0.15) is 11.1 Å². The van der Waals surface area contributed by atoms with Crippen LogP contribution in [0.2, 0.25) is 10.0 Å². The third kappa shape index (κ3) is 5.88. The molecule has 0 spiro atoms. The van der Waals surface area contributed by atoms with Gasteiger partial charge in [0.2, 0.25) is 5.91 Å². The highest BCUT2D eigenvalue weighted by Gasteiger charge is 2.23. The molecule has 2 aromatic carbocycles. The summed E-state index contributed by atoms with van der Waals surface area (Å²) in [6.45, 7) is 6.49. The molecular weight excluding hydrogens is 425 g/mol. The van der Waals surface area contributed by atoms with E-state index in [9.17, 15) is 9.59 Å². The van der Waals surface area contributed by atoms with Crippen LogP contribution in [0.5, 0.6) is 5.75 Å². The third-order valence-electron chi connectivity index (χ3n) is 5.08. The summed E-state index contributed by atoms with van der Waals surface area (Å²) in [6, 6.07) is 10.8. The first-order valence-electron chi connectivity index (χ1n) is 9.77. The van der Waals surface area contributed by atoms with Gasteiger partial charge in [-0.25, -0.2) is 0 Å². The van der Waals surface area contributed by atoms with Gasteiger partial charge in [0.15, 0.2) is 6.61 Å². The SMILES string of the molecule is Cc1cccc(C)c1NC(=O)CN1CCN(C(=O)COc2cc(Cl)ccc2Cl)CC1. The number of piperazine rings is 1. The number of aryl methyl sites for hydroxylation is 2. The van der Waals surface area contributed by atoms with E-state index in [-0.39, 0.29) is 18.4 Å². The van der Waals surface area contributed by atoms with Gasteiger partial charge in [-0.05, 0) is 37.1 Å². The van der Waals surface area contributed by atoms with Crippen molar-refractivity contribution in [3.8, 4) is 5.75 Å². The molecule has 0 atom stereocenters. The van der Waals surface area contributed by atoms with Gasteiger partial charge in [-0.2, -0.15) is 0 Å². The van der Waals surface area contributed by atoms with Gasteiger partial charge in [-0.3, -0.25) is 14.5 Å². The summed E-state index contributed by atoms with van der Waals surface area (Å²) in [4.78, 5) is 28.7. The Hall–Kier alpha value is -2.28. The number of rotatable bonds is 6. The Bertz CT molecular complexity index is 908. The Morgan fingerprint density at radius 3 is 2.37 bits per heavy atom. The summed E-state index contributed by atoms with van der Waals surface area (Å²) in [5.74, 6) is 0.219. The van der Waals surface area contributed by atoms with Crippen LogP contribution in [0.15, 0.2) is 36.4 Å². The second kappa shape index (κ2) is 10.2. The van der Waals surface area contributed by atoms with E-state index in [0.29, 0.717) is 48.5 Å². The molecule has 30 heavy (non-hydrogen) atoms. The van der Waals surface area contributed by atoms with E-state index < -0.39 is 0 Å². The van der Waals surface area contributed by atoms with Crippen LogP contribution < -0.4 is 10.1 Å². The lowest BCUT2D eigenvalue weighted by Gasteiger charge is -2.34. The molecule has 0 aliphatic carbocycles. The van der Waals surface area contributed by atoms with Crippen LogP contribution >= 0.6 is 23.2 Å². The predicted molar refractivity (Wildman–Crippen MR) is 120 cm³/mol. The van der Waals surface area contributed by atoms with E-state index in [1.165, 1.54) is 0 Å². The van der Waals surface area contributed by atoms with Crippen LogP contribution in [0.25, 0.3) is 0 Å². The largest absolute Gasteiger partial charge is 0.482 e. The number of anilines is 1. The highest BCUT2D eigenvalue weighted by Crippen LogP contribution is 2.27. The van der Waals surface area contributed by atoms with Gasteiger partial charge in [0.25, 0.3) is 5.91 Å². The smallest absolute Gasteiger partial charge is 0.260 e. The molecule has 1 saturated heterocycles. The molecule has 1 fully saturated rings. The number of para-hydroxylation sites is 1. The normalized spacial score (nSPS) is 14.5. The van der Waals surface area contributed by atoms with E-state index >= 15 is 0 Å². The van der Waals surface area contributed by atoms with Crippen molar-refractivity contribution in [1.82, 2.24) is 9.80 Å². The lowest BCUT2D eigenvalue weighted by Crippen LogP contribution is -2.51. The molecule has 160 valence electrons. The van der Waals surface area contributed by atoms with E-state index in [1.54, 1.807) is 23.1 Å². The van der Waals surface area contributed by atoms with Crippen LogP contribution in [0.4, 0.5) is 5.69 Å². The molecule has 0 unspecified atom stereocenters. The zero-order valence-electron chi connectivity index (χ0n) is 17.1. The molecule has 6 nitrogen and oxygen atoms in total. The van der Waals surface area contributed by atoms with E-state index in [0.717, 1.165) is 16.8 Å². The quantitative estimate of drug-likeness (QED) is 0.728. The van der Waals surface area contributed by atoms with Gasteiger partial charge in [0.05, 0.1) is 11.6 Å². The maximum atomic E-state index is 12.4. The summed E-state index contributed by atoms with van der Waals surface area (Å²) in [6.07, 6.45) is 0. The van der Waals surface area contributed by atoms with Crippen molar-refractivity contribution in [3.05, 3.63) is 57.6 Å². The summed E-state index contributed by atoms with van der Waals surface area (Å²) in [5, 5.41) is 3.91. The predicted octanol–water partition coefficient (Wildman–Crippen LogP) is 3.77. The van der Waals surface area contributed by atoms with Gasteiger partial charge in [0.1, 0.15) is 5.75 Å². The van der Waals surface area contributed by atoms with Gasteiger partial charge >= 0.3 is 0 Å². The molecule has 2 amide bonds. The fraction of sp³-hybridized carbons (Fsp3) is 0.364. The van der Waals surface area contributed by atoms with Crippen molar-refractivity contribution >= 4 is 40.7 Å². The Balaban J connectivity index is 1.44. The lowest BCUT2D eigenvalue weighted by atomic mass is 10.1. The van der Waals surface area contributed by atoms with Crippen LogP contribution in [0.3, 0.4) is 0 Å². The van der Waals surface area contributed by atoms with Crippen molar-refractivity contribution in [2.45, 2.75) is 13.8 Å². The minimum atomic E-state index is -0.120. The fourth-order valence-corrected chi connectivity index (χ4v) is 3.70. The maximum Gasteiger partial charge on any atom is 0.260 e. The molecule has 1 N–H and O–H groups in total. The van der Waals surface area contributed by atoms with Gasteiger partial charge in [-0.1, -0.05) is 41.4 Å². The number of ether oxygens (including phenoxy) is 1. The zero-order valence-corrected chi connectivity index (χ0v) is 18.6. The Morgan fingerprint density at radius 2 is 1.70 bits per heavy atom. The molecule has 8 heteroatoms. The molecular formula is C22H25Cl2N3O3. The molecule has 3 rings (SSSR count). The topological polar surface area (TPSA) is 61.9 Å². The summed E-state index contributed by atoms with van der Waals surface area (Å²) >= 11 is 12.0. The van der Waals surface area contributed by atoms with Crippen LogP contribution in [-0.2, 0) is 9.59 Å². The number of hydrogen-bond donors (Lipinski definition) is 1. The second-order valence-electron chi connectivity index (χ2n) is 7.34. The first-order chi connectivity index (χ1) is 14.3. The average Bonchev–Trinajstić information content (AvgIpc) is 2.72. The molecule has 0 radical (unpaired) electrons. The molecule has 2 aromatic rings. The summed E-state index contributed by atoms with van der Waals surface area (Å²) in [5.41, 5.74) is 2.95. The van der Waals surface area contributed by atoms with Crippen molar-refractivity contribution in [1.29, 1.82) is 0 Å². The number of benzene rings is 2. The highest BCUT2D eigenvalue weighted by molar-refractivity contribution is 6.34.